The van der Waals surface area contributed by atoms with Gasteiger partial charge in [0.25, 0.3) is 5.91 Å². The molecule has 1 aliphatic heterocycles. The Kier molecular flexibility index (Phi) is 5.97. The van der Waals surface area contributed by atoms with E-state index in [4.69, 9.17) is 18.9 Å². The fraction of sp³-hybridized carbons (Fsp3) is 0.304. The van der Waals surface area contributed by atoms with E-state index in [2.05, 4.69) is 4.98 Å². The van der Waals surface area contributed by atoms with Crippen LogP contribution in [0, 0.1) is 0 Å². The molecule has 0 saturated heterocycles. The number of para-hydroxylation sites is 1. The molecule has 0 spiro atoms. The monoisotopic (exact) mass is 423 g/mol. The van der Waals surface area contributed by atoms with E-state index < -0.39 is 0 Å². The van der Waals surface area contributed by atoms with Gasteiger partial charge >= 0.3 is 0 Å². The Bertz CT molecular complexity index is 1030. The summed E-state index contributed by atoms with van der Waals surface area (Å²) in [6.07, 6.45) is 5.33. The summed E-state index contributed by atoms with van der Waals surface area (Å²) >= 11 is 0. The smallest absolute Gasteiger partial charge is 0.254 e. The van der Waals surface area contributed by atoms with Crippen molar-refractivity contribution < 1.29 is 23.7 Å². The number of hydrogen-bond donors (Lipinski definition) is 0. The number of carbonyl (C=O) groups is 1. The van der Waals surface area contributed by atoms with Gasteiger partial charge in [0.2, 0.25) is 5.75 Å². The lowest BCUT2D eigenvalue weighted by Crippen LogP contribution is -2.44. The summed E-state index contributed by atoms with van der Waals surface area (Å²) in [5, 5.41) is 0. The largest absolute Gasteiger partial charge is 0.493 e. The molecule has 1 unspecified atom stereocenters. The summed E-state index contributed by atoms with van der Waals surface area (Å²) in [7, 11) is 4.60. The molecule has 2 heterocycles. The number of benzene rings is 2. The maximum absolute atomic E-state index is 13.7. The summed E-state index contributed by atoms with van der Waals surface area (Å²) in [6.45, 7) is 1.35. The highest BCUT2D eigenvalue weighted by atomic mass is 16.5. The zero-order valence-electron chi connectivity index (χ0n) is 17.8. The van der Waals surface area contributed by atoms with Crippen LogP contribution in [-0.2, 0) is 13.1 Å². The van der Waals surface area contributed by atoms with Gasteiger partial charge in [-0.25, -0.2) is 4.98 Å². The third kappa shape index (κ3) is 4.14. The van der Waals surface area contributed by atoms with Gasteiger partial charge < -0.3 is 28.4 Å². The first-order valence-electron chi connectivity index (χ1n) is 9.92. The molecule has 1 atom stereocenters. The Hall–Kier alpha value is -3.68. The number of rotatable bonds is 6. The molecular formula is C23H25N3O5. The molecule has 4 rings (SSSR count). The van der Waals surface area contributed by atoms with Gasteiger partial charge in [0.15, 0.2) is 11.5 Å². The predicted octanol–water partition coefficient (Wildman–Crippen LogP) is 3.01. The van der Waals surface area contributed by atoms with Gasteiger partial charge in [-0.05, 0) is 18.2 Å². The van der Waals surface area contributed by atoms with Crippen LogP contribution in [0.25, 0.3) is 0 Å². The Morgan fingerprint density at radius 2 is 1.87 bits per heavy atom. The van der Waals surface area contributed by atoms with Crippen molar-refractivity contribution in [3.05, 3.63) is 66.2 Å². The SMILES string of the molecule is COc1cc(C(=O)N2Cc3ccccc3OCC2Cn2ccnc2)cc(OC)c1OC. The molecule has 3 aromatic rings. The summed E-state index contributed by atoms with van der Waals surface area (Å²) in [5.41, 5.74) is 1.40. The molecule has 0 radical (unpaired) electrons. The number of amides is 1. The van der Waals surface area contributed by atoms with Crippen LogP contribution in [0.5, 0.6) is 23.0 Å². The van der Waals surface area contributed by atoms with E-state index in [9.17, 15) is 4.79 Å². The maximum Gasteiger partial charge on any atom is 0.254 e. The highest BCUT2D eigenvalue weighted by molar-refractivity contribution is 5.96. The molecule has 1 aliphatic rings. The van der Waals surface area contributed by atoms with Crippen molar-refractivity contribution >= 4 is 5.91 Å². The minimum absolute atomic E-state index is 0.148. The zero-order valence-corrected chi connectivity index (χ0v) is 17.8. The highest BCUT2D eigenvalue weighted by Crippen LogP contribution is 2.39. The van der Waals surface area contributed by atoms with Crippen LogP contribution < -0.4 is 18.9 Å². The molecule has 8 nitrogen and oxygen atoms in total. The average molecular weight is 423 g/mol. The number of fused-ring (bicyclic) bond motifs is 1. The average Bonchev–Trinajstić information content (AvgIpc) is 3.25. The highest BCUT2D eigenvalue weighted by Gasteiger charge is 2.31. The maximum atomic E-state index is 13.7. The standard InChI is InChI=1S/C23H25N3O5/c1-28-20-10-17(11-21(29-2)22(20)30-3)23(27)26-12-16-6-4-5-7-19(16)31-14-18(26)13-25-9-8-24-15-25/h4-11,15,18H,12-14H2,1-3H3. The predicted molar refractivity (Wildman–Crippen MR) is 114 cm³/mol. The fourth-order valence-electron chi connectivity index (χ4n) is 3.76. The van der Waals surface area contributed by atoms with Crippen LogP contribution in [0.2, 0.25) is 0 Å². The van der Waals surface area contributed by atoms with Gasteiger partial charge in [-0.3, -0.25) is 4.79 Å². The third-order valence-corrected chi connectivity index (χ3v) is 5.34. The third-order valence-electron chi connectivity index (χ3n) is 5.34. The number of hydrogen-bond acceptors (Lipinski definition) is 6. The van der Waals surface area contributed by atoms with Crippen LogP contribution in [0.3, 0.4) is 0 Å². The first-order valence-corrected chi connectivity index (χ1v) is 9.92. The van der Waals surface area contributed by atoms with E-state index in [1.54, 1.807) is 24.7 Å². The van der Waals surface area contributed by atoms with Crippen LogP contribution in [0.1, 0.15) is 15.9 Å². The van der Waals surface area contributed by atoms with Crippen LogP contribution >= 0.6 is 0 Å². The molecule has 162 valence electrons. The lowest BCUT2D eigenvalue weighted by Gasteiger charge is -2.30. The van der Waals surface area contributed by atoms with E-state index >= 15 is 0 Å². The van der Waals surface area contributed by atoms with Gasteiger partial charge in [-0.15, -0.1) is 0 Å². The molecule has 0 bridgehead atoms. The molecule has 1 aromatic heterocycles. The van der Waals surface area contributed by atoms with Crippen molar-refractivity contribution in [3.63, 3.8) is 0 Å². The van der Waals surface area contributed by atoms with Gasteiger partial charge in [0.05, 0.1) is 40.2 Å². The van der Waals surface area contributed by atoms with E-state index in [-0.39, 0.29) is 11.9 Å². The van der Waals surface area contributed by atoms with Crippen LogP contribution in [0.4, 0.5) is 0 Å². The molecule has 31 heavy (non-hydrogen) atoms. The van der Waals surface area contributed by atoms with Crippen molar-refractivity contribution in [2.75, 3.05) is 27.9 Å². The zero-order chi connectivity index (χ0) is 21.8. The van der Waals surface area contributed by atoms with Crippen LogP contribution in [0.15, 0.2) is 55.1 Å². The van der Waals surface area contributed by atoms with Crippen LogP contribution in [-0.4, -0.2) is 54.3 Å². The van der Waals surface area contributed by atoms with Crippen molar-refractivity contribution in [1.29, 1.82) is 0 Å². The van der Waals surface area contributed by atoms with Crippen molar-refractivity contribution in [3.8, 4) is 23.0 Å². The topological polar surface area (TPSA) is 75.0 Å². The number of ether oxygens (including phenoxy) is 4. The normalized spacial score (nSPS) is 15.5. The van der Waals surface area contributed by atoms with Gasteiger partial charge in [-0.1, -0.05) is 18.2 Å². The van der Waals surface area contributed by atoms with Crippen molar-refractivity contribution in [2.24, 2.45) is 0 Å². The second-order valence-corrected chi connectivity index (χ2v) is 7.18. The van der Waals surface area contributed by atoms with E-state index in [0.29, 0.717) is 42.5 Å². The lowest BCUT2D eigenvalue weighted by molar-refractivity contribution is 0.0597. The van der Waals surface area contributed by atoms with E-state index in [1.165, 1.54) is 21.3 Å². The molecule has 1 amide bonds. The first kappa shape index (κ1) is 20.6. The Morgan fingerprint density at radius 3 is 2.52 bits per heavy atom. The molecule has 0 aliphatic carbocycles. The summed E-state index contributed by atoms with van der Waals surface area (Å²) in [4.78, 5) is 19.7. The van der Waals surface area contributed by atoms with Crippen molar-refractivity contribution in [2.45, 2.75) is 19.1 Å². The second-order valence-electron chi connectivity index (χ2n) is 7.18. The quantitative estimate of drug-likeness (QED) is 0.607. The van der Waals surface area contributed by atoms with Gasteiger partial charge in [-0.2, -0.15) is 0 Å². The fourth-order valence-corrected chi connectivity index (χ4v) is 3.76. The summed E-state index contributed by atoms with van der Waals surface area (Å²) in [5.74, 6) is 1.95. The number of nitrogens with zero attached hydrogens (tertiary/aromatic N) is 3. The Morgan fingerprint density at radius 1 is 1.13 bits per heavy atom. The molecular weight excluding hydrogens is 398 g/mol. The molecule has 2 aromatic carbocycles. The molecule has 0 saturated carbocycles. The minimum Gasteiger partial charge on any atom is -0.493 e. The number of carbonyl (C=O) groups excluding carboxylic acids is 1. The number of imidazole rings is 1. The van der Waals surface area contributed by atoms with E-state index in [1.807, 2.05) is 39.9 Å². The number of methoxy groups -OCH3 is 3. The lowest BCUT2D eigenvalue weighted by atomic mass is 10.1. The molecule has 0 N–H and O–H groups in total. The Balaban J connectivity index is 1.73. The first-order chi connectivity index (χ1) is 15.1. The summed E-state index contributed by atoms with van der Waals surface area (Å²) in [6, 6.07) is 10.9. The van der Waals surface area contributed by atoms with E-state index in [0.717, 1.165) is 11.3 Å². The number of aromatic nitrogens is 2. The van der Waals surface area contributed by atoms with Gasteiger partial charge in [0, 0.05) is 30.1 Å². The minimum atomic E-state index is -0.201. The second kappa shape index (κ2) is 8.99. The summed E-state index contributed by atoms with van der Waals surface area (Å²) < 4.78 is 24.3. The van der Waals surface area contributed by atoms with Crippen molar-refractivity contribution in [1.82, 2.24) is 14.5 Å². The Labute approximate surface area is 180 Å². The van der Waals surface area contributed by atoms with Gasteiger partial charge in [0.1, 0.15) is 12.4 Å². The molecule has 8 heteroatoms. The molecule has 0 fully saturated rings.